The van der Waals surface area contributed by atoms with E-state index in [1.165, 1.54) is 0 Å². The van der Waals surface area contributed by atoms with Gasteiger partial charge in [-0.2, -0.15) is 0 Å². The second-order valence-electron chi connectivity index (χ2n) is 4.85. The lowest BCUT2D eigenvalue weighted by molar-refractivity contribution is 0.336. The summed E-state index contributed by atoms with van der Waals surface area (Å²) >= 11 is 0. The highest BCUT2D eigenvalue weighted by Gasteiger charge is 2.10. The number of para-hydroxylation sites is 1. The number of nitrogens with zero attached hydrogens (tertiary/aromatic N) is 3. The van der Waals surface area contributed by atoms with Crippen LogP contribution in [0.2, 0.25) is 0 Å². The zero-order valence-electron chi connectivity index (χ0n) is 12.6. The third-order valence-corrected chi connectivity index (χ3v) is 2.99. The molecule has 0 spiro atoms. The lowest BCUT2D eigenvalue weighted by atomic mass is 10.2. The first-order valence-corrected chi connectivity index (χ1v) is 6.84. The molecule has 0 unspecified atom stereocenters. The van der Waals surface area contributed by atoms with Crippen LogP contribution in [0.5, 0.6) is 5.75 Å². The average molecular weight is 271 g/mol. The molecule has 0 N–H and O–H groups in total. The predicted octanol–water partition coefficient (Wildman–Crippen LogP) is 3.13. The van der Waals surface area contributed by atoms with Crippen molar-refractivity contribution in [2.75, 3.05) is 18.6 Å². The van der Waals surface area contributed by atoms with Crippen LogP contribution in [0, 0.1) is 13.8 Å². The number of aryl methyl sites for hydroxylation is 2. The highest BCUT2D eigenvalue weighted by atomic mass is 16.5. The Balaban J connectivity index is 2.21. The van der Waals surface area contributed by atoms with Gasteiger partial charge in [-0.15, -0.1) is 0 Å². The standard InChI is InChI=1S/C16H21N3O/c1-5-20-15-9-7-6-8-14(15)11-19(4)16-17-12(2)10-13(3)18-16/h6-10H,5,11H2,1-4H3. The van der Waals surface area contributed by atoms with Crippen LogP contribution in [0.3, 0.4) is 0 Å². The molecule has 2 rings (SSSR count). The molecule has 0 saturated heterocycles. The first-order valence-electron chi connectivity index (χ1n) is 6.84. The van der Waals surface area contributed by atoms with Crippen molar-refractivity contribution >= 4 is 5.95 Å². The Labute approximate surface area is 120 Å². The van der Waals surface area contributed by atoms with Gasteiger partial charge in [0.15, 0.2) is 0 Å². The monoisotopic (exact) mass is 271 g/mol. The van der Waals surface area contributed by atoms with E-state index in [1.54, 1.807) is 0 Å². The number of hydrogen-bond acceptors (Lipinski definition) is 4. The number of hydrogen-bond donors (Lipinski definition) is 0. The van der Waals surface area contributed by atoms with Crippen LogP contribution in [0.1, 0.15) is 23.9 Å². The minimum Gasteiger partial charge on any atom is -0.494 e. The molecule has 4 heteroatoms. The summed E-state index contributed by atoms with van der Waals surface area (Å²) in [4.78, 5) is 11.0. The Morgan fingerprint density at radius 1 is 1.10 bits per heavy atom. The quantitative estimate of drug-likeness (QED) is 0.837. The van der Waals surface area contributed by atoms with Gasteiger partial charge in [-0.3, -0.25) is 0 Å². The molecule has 0 aliphatic rings. The molecule has 0 saturated carbocycles. The van der Waals surface area contributed by atoms with E-state index in [2.05, 4.69) is 16.0 Å². The average Bonchev–Trinajstić information content (AvgIpc) is 2.40. The molecule has 1 heterocycles. The van der Waals surface area contributed by atoms with Gasteiger partial charge in [-0.05, 0) is 32.9 Å². The van der Waals surface area contributed by atoms with Gasteiger partial charge >= 0.3 is 0 Å². The number of ether oxygens (including phenoxy) is 1. The molecule has 20 heavy (non-hydrogen) atoms. The van der Waals surface area contributed by atoms with Crippen LogP contribution in [0.25, 0.3) is 0 Å². The fraction of sp³-hybridized carbons (Fsp3) is 0.375. The Bertz CT molecular complexity index is 563. The topological polar surface area (TPSA) is 38.2 Å². The van der Waals surface area contributed by atoms with Crippen molar-refractivity contribution in [3.05, 3.63) is 47.3 Å². The Hall–Kier alpha value is -2.10. The van der Waals surface area contributed by atoms with Crippen molar-refractivity contribution in [1.29, 1.82) is 0 Å². The Morgan fingerprint density at radius 2 is 1.75 bits per heavy atom. The molecular weight excluding hydrogens is 250 g/mol. The zero-order chi connectivity index (χ0) is 14.5. The molecule has 0 aliphatic heterocycles. The highest BCUT2D eigenvalue weighted by molar-refractivity contribution is 5.39. The second-order valence-corrected chi connectivity index (χ2v) is 4.85. The van der Waals surface area contributed by atoms with Gasteiger partial charge in [0.1, 0.15) is 5.75 Å². The predicted molar refractivity (Wildman–Crippen MR) is 81.2 cm³/mol. The van der Waals surface area contributed by atoms with E-state index in [0.29, 0.717) is 6.61 Å². The molecule has 2 aromatic rings. The van der Waals surface area contributed by atoms with E-state index in [-0.39, 0.29) is 0 Å². The second kappa shape index (κ2) is 6.37. The van der Waals surface area contributed by atoms with E-state index >= 15 is 0 Å². The van der Waals surface area contributed by atoms with Crippen LogP contribution in [0.15, 0.2) is 30.3 Å². The van der Waals surface area contributed by atoms with Gasteiger partial charge in [0, 0.05) is 30.5 Å². The molecule has 106 valence electrons. The van der Waals surface area contributed by atoms with Crippen LogP contribution in [-0.4, -0.2) is 23.6 Å². The van der Waals surface area contributed by atoms with Crippen molar-refractivity contribution in [2.24, 2.45) is 0 Å². The van der Waals surface area contributed by atoms with Crippen molar-refractivity contribution in [3.8, 4) is 5.75 Å². The number of anilines is 1. The van der Waals surface area contributed by atoms with Crippen LogP contribution in [0.4, 0.5) is 5.95 Å². The van der Waals surface area contributed by atoms with Gasteiger partial charge in [-0.25, -0.2) is 9.97 Å². The maximum absolute atomic E-state index is 5.65. The molecule has 1 aromatic heterocycles. The van der Waals surface area contributed by atoms with Crippen molar-refractivity contribution in [3.63, 3.8) is 0 Å². The van der Waals surface area contributed by atoms with E-state index < -0.39 is 0 Å². The van der Waals surface area contributed by atoms with Gasteiger partial charge in [0.2, 0.25) is 5.95 Å². The summed E-state index contributed by atoms with van der Waals surface area (Å²) in [5.74, 6) is 1.67. The van der Waals surface area contributed by atoms with E-state index in [9.17, 15) is 0 Å². The number of rotatable bonds is 5. The summed E-state index contributed by atoms with van der Waals surface area (Å²) in [6.45, 7) is 7.35. The van der Waals surface area contributed by atoms with Crippen LogP contribution in [-0.2, 0) is 6.54 Å². The smallest absolute Gasteiger partial charge is 0.225 e. The third-order valence-electron chi connectivity index (χ3n) is 2.99. The summed E-state index contributed by atoms with van der Waals surface area (Å²) in [5.41, 5.74) is 3.11. The summed E-state index contributed by atoms with van der Waals surface area (Å²) in [5, 5.41) is 0. The summed E-state index contributed by atoms with van der Waals surface area (Å²) in [6.07, 6.45) is 0. The minimum absolute atomic E-state index is 0.667. The number of benzene rings is 1. The third kappa shape index (κ3) is 3.47. The fourth-order valence-electron chi connectivity index (χ4n) is 2.14. The molecule has 0 amide bonds. The minimum atomic E-state index is 0.667. The molecule has 4 nitrogen and oxygen atoms in total. The van der Waals surface area contributed by atoms with Crippen LogP contribution < -0.4 is 9.64 Å². The molecular formula is C16H21N3O. The van der Waals surface area contributed by atoms with E-state index in [1.807, 2.05) is 57.0 Å². The SMILES string of the molecule is CCOc1ccccc1CN(C)c1nc(C)cc(C)n1. The largest absolute Gasteiger partial charge is 0.494 e. The summed E-state index contributed by atoms with van der Waals surface area (Å²) in [6, 6.07) is 10.1. The van der Waals surface area contributed by atoms with Crippen molar-refractivity contribution in [2.45, 2.75) is 27.3 Å². The lowest BCUT2D eigenvalue weighted by Crippen LogP contribution is -2.20. The normalized spacial score (nSPS) is 10.4. The number of aromatic nitrogens is 2. The molecule has 0 atom stereocenters. The van der Waals surface area contributed by atoms with E-state index in [0.717, 1.165) is 35.2 Å². The molecule has 1 aromatic carbocycles. The van der Waals surface area contributed by atoms with Crippen LogP contribution >= 0.6 is 0 Å². The summed E-state index contributed by atoms with van der Waals surface area (Å²) < 4.78 is 5.65. The van der Waals surface area contributed by atoms with E-state index in [4.69, 9.17) is 4.74 Å². The van der Waals surface area contributed by atoms with Gasteiger partial charge in [-0.1, -0.05) is 18.2 Å². The molecule has 0 radical (unpaired) electrons. The molecule has 0 fully saturated rings. The Morgan fingerprint density at radius 3 is 2.40 bits per heavy atom. The fourth-order valence-corrected chi connectivity index (χ4v) is 2.14. The summed E-state index contributed by atoms with van der Waals surface area (Å²) in [7, 11) is 2.00. The maximum atomic E-state index is 5.65. The lowest BCUT2D eigenvalue weighted by Gasteiger charge is -2.19. The first-order chi connectivity index (χ1) is 9.60. The van der Waals surface area contributed by atoms with Gasteiger partial charge in [0.25, 0.3) is 0 Å². The highest BCUT2D eigenvalue weighted by Crippen LogP contribution is 2.21. The van der Waals surface area contributed by atoms with Gasteiger partial charge < -0.3 is 9.64 Å². The zero-order valence-corrected chi connectivity index (χ0v) is 12.6. The van der Waals surface area contributed by atoms with Gasteiger partial charge in [0.05, 0.1) is 6.61 Å². The maximum Gasteiger partial charge on any atom is 0.225 e. The van der Waals surface area contributed by atoms with Crippen molar-refractivity contribution in [1.82, 2.24) is 9.97 Å². The first kappa shape index (κ1) is 14.3. The van der Waals surface area contributed by atoms with Crippen molar-refractivity contribution < 1.29 is 4.74 Å². The molecule has 0 bridgehead atoms. The Kier molecular flexibility index (Phi) is 4.56. The molecule has 0 aliphatic carbocycles.